The highest BCUT2D eigenvalue weighted by Crippen LogP contribution is 2.25. The maximum Gasteiger partial charge on any atom is 0.200 e. The number of ether oxygens (including phenoxy) is 2. The minimum Gasteiger partial charge on any atom is -0.380 e. The summed E-state index contributed by atoms with van der Waals surface area (Å²) in [6.45, 7) is 1.81. The molecule has 15 heavy (non-hydrogen) atoms. The summed E-state index contributed by atoms with van der Waals surface area (Å²) in [6.07, 6.45) is -0.404. The first-order chi connectivity index (χ1) is 7.35. The summed E-state index contributed by atoms with van der Waals surface area (Å²) < 4.78 is 10.3. The van der Waals surface area contributed by atoms with Gasteiger partial charge in [0, 0.05) is 27.3 Å². The van der Waals surface area contributed by atoms with Gasteiger partial charge in [-0.2, -0.15) is 0 Å². The Kier molecular flexibility index (Phi) is 3.03. The zero-order chi connectivity index (χ0) is 10.7. The van der Waals surface area contributed by atoms with Gasteiger partial charge in [0.05, 0.1) is 11.4 Å². The average molecular weight is 209 g/mol. The van der Waals surface area contributed by atoms with Crippen LogP contribution in [0.2, 0.25) is 0 Å². The summed E-state index contributed by atoms with van der Waals surface area (Å²) >= 11 is 0. The monoisotopic (exact) mass is 209 g/mol. The van der Waals surface area contributed by atoms with Gasteiger partial charge in [0.2, 0.25) is 6.29 Å². The van der Waals surface area contributed by atoms with Crippen molar-refractivity contribution in [2.24, 2.45) is 0 Å². The Bertz CT molecular complexity index is 339. The topological polar surface area (TPSA) is 55.4 Å². The highest BCUT2D eigenvalue weighted by atomic mass is 16.7. The molecular formula is C10H15N3O2. The lowest BCUT2D eigenvalue weighted by atomic mass is 10.2. The lowest BCUT2D eigenvalue weighted by molar-refractivity contribution is -0.108. The van der Waals surface area contributed by atoms with Crippen LogP contribution in [0.3, 0.4) is 0 Å². The fraction of sp³-hybridized carbons (Fsp3) is 0.500. The highest BCUT2D eigenvalue weighted by molar-refractivity contribution is 5.66. The normalized spacial score (nSPS) is 14.3. The van der Waals surface area contributed by atoms with Crippen molar-refractivity contribution in [3.8, 4) is 0 Å². The molecule has 1 aliphatic rings. The number of fused-ring (bicyclic) bond motifs is 1. The Labute approximate surface area is 88.8 Å². The molecule has 1 aromatic heterocycles. The quantitative estimate of drug-likeness (QED) is 0.733. The van der Waals surface area contributed by atoms with E-state index in [1.807, 2.05) is 12.1 Å². The van der Waals surface area contributed by atoms with Crippen molar-refractivity contribution in [3.63, 3.8) is 0 Å². The number of aromatic nitrogens is 1. The molecule has 0 amide bonds. The summed E-state index contributed by atoms with van der Waals surface area (Å²) in [5, 5.41) is 6.48. The number of nitrogens with zero attached hydrogens (tertiary/aromatic N) is 1. The Morgan fingerprint density at radius 1 is 1.20 bits per heavy atom. The van der Waals surface area contributed by atoms with Gasteiger partial charge in [0.15, 0.2) is 0 Å². The number of rotatable bonds is 3. The zero-order valence-corrected chi connectivity index (χ0v) is 8.91. The molecule has 0 saturated carbocycles. The number of hydrogen-bond acceptors (Lipinski definition) is 5. The zero-order valence-electron chi connectivity index (χ0n) is 8.91. The van der Waals surface area contributed by atoms with Crippen LogP contribution in [0.15, 0.2) is 12.1 Å². The Hall–Kier alpha value is -1.33. The molecule has 0 aromatic carbocycles. The first kappa shape index (κ1) is 10.2. The first-order valence-corrected chi connectivity index (χ1v) is 4.89. The first-order valence-electron chi connectivity index (χ1n) is 4.89. The second-order valence-electron chi connectivity index (χ2n) is 3.29. The van der Waals surface area contributed by atoms with Gasteiger partial charge in [-0.05, 0) is 12.1 Å². The molecule has 0 atom stereocenters. The smallest absolute Gasteiger partial charge is 0.200 e. The maximum atomic E-state index is 5.14. The van der Waals surface area contributed by atoms with E-state index in [0.29, 0.717) is 0 Å². The minimum atomic E-state index is -0.404. The van der Waals surface area contributed by atoms with E-state index >= 15 is 0 Å². The van der Waals surface area contributed by atoms with Crippen molar-refractivity contribution in [2.45, 2.75) is 6.29 Å². The molecule has 0 unspecified atom stereocenters. The molecule has 0 aliphatic carbocycles. The predicted molar refractivity (Wildman–Crippen MR) is 58.0 cm³/mol. The van der Waals surface area contributed by atoms with Crippen LogP contribution in [0, 0.1) is 0 Å². The Balaban J connectivity index is 2.27. The third-order valence-electron chi connectivity index (χ3n) is 2.32. The summed E-state index contributed by atoms with van der Waals surface area (Å²) in [4.78, 5) is 4.43. The molecule has 0 bridgehead atoms. The van der Waals surface area contributed by atoms with Crippen molar-refractivity contribution in [3.05, 3.63) is 17.8 Å². The third kappa shape index (κ3) is 2.03. The number of pyridine rings is 1. The number of hydrogen-bond donors (Lipinski definition) is 2. The summed E-state index contributed by atoms with van der Waals surface area (Å²) in [5.74, 6) is 0.859. The van der Waals surface area contributed by atoms with E-state index in [1.54, 1.807) is 14.2 Å². The highest BCUT2D eigenvalue weighted by Gasteiger charge is 2.15. The standard InChI is InChI=1S/C10H15N3O2/c1-14-10(15-2)8-4-3-7-9(13-8)12-6-5-11-7/h3-4,10-11H,5-6H2,1-2H3,(H,12,13). The SMILES string of the molecule is COC(OC)c1ccc2c(n1)NCCN2. The molecule has 2 N–H and O–H groups in total. The van der Waals surface area contributed by atoms with Crippen LogP contribution in [-0.2, 0) is 9.47 Å². The second kappa shape index (κ2) is 4.46. The van der Waals surface area contributed by atoms with Gasteiger partial charge >= 0.3 is 0 Å². The van der Waals surface area contributed by atoms with E-state index in [4.69, 9.17) is 9.47 Å². The minimum absolute atomic E-state index is 0.404. The number of anilines is 2. The lowest BCUT2D eigenvalue weighted by Crippen LogP contribution is -2.22. The molecule has 0 radical (unpaired) electrons. The largest absolute Gasteiger partial charge is 0.380 e. The van der Waals surface area contributed by atoms with Gasteiger partial charge in [-0.25, -0.2) is 4.98 Å². The van der Waals surface area contributed by atoms with Crippen LogP contribution in [0.25, 0.3) is 0 Å². The molecule has 0 spiro atoms. The molecule has 1 aliphatic heterocycles. The van der Waals surface area contributed by atoms with Crippen molar-refractivity contribution >= 4 is 11.5 Å². The third-order valence-corrected chi connectivity index (χ3v) is 2.32. The van der Waals surface area contributed by atoms with Gasteiger partial charge < -0.3 is 20.1 Å². The molecule has 1 aromatic rings. The van der Waals surface area contributed by atoms with E-state index in [-0.39, 0.29) is 0 Å². The van der Waals surface area contributed by atoms with Crippen molar-refractivity contribution < 1.29 is 9.47 Å². The molecule has 82 valence electrons. The van der Waals surface area contributed by atoms with Gasteiger partial charge in [0.25, 0.3) is 0 Å². The maximum absolute atomic E-state index is 5.14. The predicted octanol–water partition coefficient (Wildman–Crippen LogP) is 1.21. The molecule has 5 heteroatoms. The van der Waals surface area contributed by atoms with Gasteiger partial charge in [-0.3, -0.25) is 0 Å². The van der Waals surface area contributed by atoms with Crippen LogP contribution >= 0.6 is 0 Å². The molecule has 0 fully saturated rings. The fourth-order valence-corrected chi connectivity index (χ4v) is 1.60. The summed E-state index contributed by atoms with van der Waals surface area (Å²) in [6, 6.07) is 3.88. The van der Waals surface area contributed by atoms with Crippen LogP contribution in [0.4, 0.5) is 11.5 Å². The Morgan fingerprint density at radius 3 is 2.67 bits per heavy atom. The van der Waals surface area contributed by atoms with Crippen LogP contribution in [0.5, 0.6) is 0 Å². The molecular weight excluding hydrogens is 194 g/mol. The molecule has 5 nitrogen and oxygen atoms in total. The summed E-state index contributed by atoms with van der Waals surface area (Å²) in [7, 11) is 3.20. The van der Waals surface area contributed by atoms with Crippen molar-refractivity contribution in [2.75, 3.05) is 37.9 Å². The van der Waals surface area contributed by atoms with Gasteiger partial charge in [-0.15, -0.1) is 0 Å². The average Bonchev–Trinajstić information content (AvgIpc) is 2.30. The number of methoxy groups -OCH3 is 2. The Morgan fingerprint density at radius 2 is 1.93 bits per heavy atom. The van der Waals surface area contributed by atoms with Gasteiger partial charge in [0.1, 0.15) is 5.82 Å². The lowest BCUT2D eigenvalue weighted by Gasteiger charge is -2.21. The van der Waals surface area contributed by atoms with E-state index in [0.717, 1.165) is 30.3 Å². The molecule has 2 heterocycles. The van der Waals surface area contributed by atoms with E-state index in [9.17, 15) is 0 Å². The van der Waals surface area contributed by atoms with Crippen molar-refractivity contribution in [1.29, 1.82) is 0 Å². The fourth-order valence-electron chi connectivity index (χ4n) is 1.60. The van der Waals surface area contributed by atoms with E-state index in [2.05, 4.69) is 15.6 Å². The van der Waals surface area contributed by atoms with E-state index < -0.39 is 6.29 Å². The second-order valence-corrected chi connectivity index (χ2v) is 3.29. The van der Waals surface area contributed by atoms with Crippen LogP contribution in [-0.4, -0.2) is 32.3 Å². The van der Waals surface area contributed by atoms with E-state index in [1.165, 1.54) is 0 Å². The molecule has 2 rings (SSSR count). The van der Waals surface area contributed by atoms with Crippen LogP contribution < -0.4 is 10.6 Å². The molecule has 0 saturated heterocycles. The summed E-state index contributed by atoms with van der Waals surface area (Å²) in [5.41, 5.74) is 1.80. The van der Waals surface area contributed by atoms with Crippen LogP contribution in [0.1, 0.15) is 12.0 Å². The van der Waals surface area contributed by atoms with Gasteiger partial charge in [-0.1, -0.05) is 0 Å². The van der Waals surface area contributed by atoms with Crippen molar-refractivity contribution in [1.82, 2.24) is 4.98 Å². The number of nitrogens with one attached hydrogen (secondary N) is 2.